The third kappa shape index (κ3) is 4.94. The number of benzene rings is 2. The molecule has 0 aliphatic carbocycles. The number of nitrogens with one attached hydrogen (secondary N) is 1. The highest BCUT2D eigenvalue weighted by molar-refractivity contribution is 7.08. The van der Waals surface area contributed by atoms with E-state index in [0.717, 1.165) is 16.7 Å². The molecule has 6 nitrogen and oxygen atoms in total. The lowest BCUT2D eigenvalue weighted by atomic mass is 10.1. The van der Waals surface area contributed by atoms with Crippen molar-refractivity contribution in [3.8, 4) is 28.4 Å². The van der Waals surface area contributed by atoms with E-state index in [2.05, 4.69) is 10.1 Å². The highest BCUT2D eigenvalue weighted by Gasteiger charge is 2.14. The van der Waals surface area contributed by atoms with Crippen molar-refractivity contribution in [2.45, 2.75) is 20.3 Å². The summed E-state index contributed by atoms with van der Waals surface area (Å²) in [6.45, 7) is 3.75. The number of aromatic hydroxyl groups is 1. The number of hydrogen-bond donors (Lipinski definition) is 2. The maximum absolute atomic E-state index is 11.9. The Morgan fingerprint density at radius 1 is 1.10 bits per heavy atom. The van der Waals surface area contributed by atoms with Crippen LogP contribution in [0.2, 0.25) is 0 Å². The number of carbonyl (C=O) groups is 2. The highest BCUT2D eigenvalue weighted by atomic mass is 32.1. The molecule has 0 radical (unpaired) electrons. The average Bonchev–Trinajstić information content (AvgIpc) is 3.20. The van der Waals surface area contributed by atoms with Crippen LogP contribution in [-0.4, -0.2) is 24.1 Å². The summed E-state index contributed by atoms with van der Waals surface area (Å²) in [5.74, 6) is 0.413. The monoisotopic (exact) mass is 411 g/mol. The molecule has 0 spiro atoms. The second-order valence-electron chi connectivity index (χ2n) is 6.53. The first-order chi connectivity index (χ1) is 13.9. The van der Waals surface area contributed by atoms with Crippen molar-refractivity contribution in [2.75, 3.05) is 12.4 Å². The minimum atomic E-state index is -0.593. The molecule has 0 saturated heterocycles. The summed E-state index contributed by atoms with van der Waals surface area (Å²) in [4.78, 5) is 23.1. The third-order valence-corrected chi connectivity index (χ3v) is 4.98. The fourth-order valence-electron chi connectivity index (χ4n) is 2.94. The number of amides is 1. The summed E-state index contributed by atoms with van der Waals surface area (Å²) >= 11 is 1.55. The van der Waals surface area contributed by atoms with Crippen LogP contribution in [0.25, 0.3) is 11.1 Å². The Labute approximate surface area is 172 Å². The molecule has 2 aromatic carbocycles. The number of phenolic OH excluding ortho intramolecular Hbond substituents is 1. The van der Waals surface area contributed by atoms with Crippen LogP contribution < -0.4 is 10.1 Å². The van der Waals surface area contributed by atoms with Gasteiger partial charge in [0.25, 0.3) is 0 Å². The van der Waals surface area contributed by atoms with Crippen molar-refractivity contribution in [3.05, 3.63) is 58.3 Å². The number of ether oxygens (including phenoxy) is 2. The van der Waals surface area contributed by atoms with Gasteiger partial charge in [0.15, 0.2) is 0 Å². The van der Waals surface area contributed by atoms with Gasteiger partial charge in [-0.25, -0.2) is 0 Å². The summed E-state index contributed by atoms with van der Waals surface area (Å²) in [6.07, 6.45) is -0.342. The van der Waals surface area contributed by atoms with Gasteiger partial charge in [-0.15, -0.1) is 0 Å². The van der Waals surface area contributed by atoms with Crippen LogP contribution in [0.3, 0.4) is 0 Å². The summed E-state index contributed by atoms with van der Waals surface area (Å²) in [5, 5.41) is 16.8. The fourth-order valence-corrected chi connectivity index (χ4v) is 3.59. The van der Waals surface area contributed by atoms with Crippen LogP contribution in [0.5, 0.6) is 17.2 Å². The first-order valence-electron chi connectivity index (χ1n) is 8.88. The van der Waals surface area contributed by atoms with Gasteiger partial charge in [0, 0.05) is 11.3 Å². The first-order valence-corrected chi connectivity index (χ1v) is 9.83. The molecule has 0 saturated carbocycles. The van der Waals surface area contributed by atoms with E-state index in [4.69, 9.17) is 4.74 Å². The van der Waals surface area contributed by atoms with E-state index < -0.39 is 11.9 Å². The van der Waals surface area contributed by atoms with Crippen molar-refractivity contribution in [3.63, 3.8) is 0 Å². The van der Waals surface area contributed by atoms with Gasteiger partial charge >= 0.3 is 5.97 Å². The summed E-state index contributed by atoms with van der Waals surface area (Å²) < 4.78 is 10.6. The number of phenols is 1. The number of carbonyl (C=O) groups excluding carboxylic acids is 2. The van der Waals surface area contributed by atoms with E-state index >= 15 is 0 Å². The van der Waals surface area contributed by atoms with Gasteiger partial charge in [0.2, 0.25) is 5.91 Å². The second kappa shape index (κ2) is 8.79. The summed E-state index contributed by atoms with van der Waals surface area (Å²) in [5.41, 5.74) is 3.85. The van der Waals surface area contributed by atoms with Crippen molar-refractivity contribution < 1.29 is 24.2 Å². The SMILES string of the molecule is COC(=O)CC(=O)Nc1cc(C)c(Oc2ccc(O)c(-c3ccsc3)c2)c(C)c1. The van der Waals surface area contributed by atoms with E-state index in [1.54, 1.807) is 41.7 Å². The van der Waals surface area contributed by atoms with E-state index in [9.17, 15) is 14.7 Å². The van der Waals surface area contributed by atoms with Crippen molar-refractivity contribution in [1.29, 1.82) is 0 Å². The smallest absolute Gasteiger partial charge is 0.315 e. The summed E-state index contributed by atoms with van der Waals surface area (Å²) in [6, 6.07) is 10.6. The van der Waals surface area contributed by atoms with Crippen LogP contribution in [0.4, 0.5) is 5.69 Å². The second-order valence-corrected chi connectivity index (χ2v) is 7.31. The van der Waals surface area contributed by atoms with E-state index in [1.165, 1.54) is 7.11 Å². The van der Waals surface area contributed by atoms with E-state index in [1.807, 2.05) is 30.7 Å². The zero-order chi connectivity index (χ0) is 21.0. The third-order valence-electron chi connectivity index (χ3n) is 4.30. The number of hydrogen-bond acceptors (Lipinski definition) is 6. The number of thiophene rings is 1. The minimum absolute atomic E-state index is 0.188. The van der Waals surface area contributed by atoms with Gasteiger partial charge in [-0.05, 0) is 77.7 Å². The normalized spacial score (nSPS) is 10.4. The molecule has 3 aromatic rings. The van der Waals surface area contributed by atoms with Gasteiger partial charge < -0.3 is 19.9 Å². The van der Waals surface area contributed by atoms with Gasteiger partial charge in [-0.3, -0.25) is 9.59 Å². The van der Waals surface area contributed by atoms with Crippen molar-refractivity contribution in [2.24, 2.45) is 0 Å². The van der Waals surface area contributed by atoms with Crippen LogP contribution in [0, 0.1) is 13.8 Å². The van der Waals surface area contributed by atoms with E-state index in [-0.39, 0.29) is 12.2 Å². The number of rotatable bonds is 6. The molecule has 150 valence electrons. The van der Waals surface area contributed by atoms with Gasteiger partial charge in [0.1, 0.15) is 23.7 Å². The Morgan fingerprint density at radius 3 is 2.45 bits per heavy atom. The molecule has 0 bridgehead atoms. The molecule has 3 rings (SSSR count). The van der Waals surface area contributed by atoms with Gasteiger partial charge in [-0.1, -0.05) is 0 Å². The molecule has 0 aliphatic heterocycles. The van der Waals surface area contributed by atoms with Crippen LogP contribution in [-0.2, 0) is 14.3 Å². The minimum Gasteiger partial charge on any atom is -0.507 e. The molecule has 7 heteroatoms. The largest absolute Gasteiger partial charge is 0.507 e. The Bertz CT molecular complexity index is 1020. The van der Waals surface area contributed by atoms with Crippen LogP contribution in [0.1, 0.15) is 17.5 Å². The lowest BCUT2D eigenvalue weighted by molar-refractivity contribution is -0.142. The Hall–Kier alpha value is -3.32. The predicted octanol–water partition coefficient (Wildman–Crippen LogP) is 5.03. The van der Waals surface area contributed by atoms with Gasteiger partial charge in [-0.2, -0.15) is 11.3 Å². The molecule has 2 N–H and O–H groups in total. The maximum Gasteiger partial charge on any atom is 0.315 e. The predicted molar refractivity (Wildman–Crippen MR) is 113 cm³/mol. The highest BCUT2D eigenvalue weighted by Crippen LogP contribution is 2.37. The molecule has 0 aliphatic rings. The number of aryl methyl sites for hydroxylation is 2. The van der Waals surface area contributed by atoms with Crippen LogP contribution >= 0.6 is 11.3 Å². The molecule has 1 aromatic heterocycles. The Morgan fingerprint density at radius 2 is 1.83 bits per heavy atom. The molecule has 0 fully saturated rings. The molecular formula is C22H21NO5S. The molecule has 1 heterocycles. The van der Waals surface area contributed by atoms with E-state index in [0.29, 0.717) is 22.7 Å². The average molecular weight is 411 g/mol. The lowest BCUT2D eigenvalue weighted by Gasteiger charge is -2.15. The topological polar surface area (TPSA) is 84.9 Å². The lowest BCUT2D eigenvalue weighted by Crippen LogP contribution is -2.17. The standard InChI is InChI=1S/C22H21NO5S/c1-13-8-16(23-20(25)11-21(26)27-3)9-14(2)22(13)28-17-4-5-19(24)18(10-17)15-6-7-29-12-15/h4-10,12,24H,11H2,1-3H3,(H,23,25). The molecule has 0 unspecified atom stereocenters. The maximum atomic E-state index is 11.9. The molecule has 1 amide bonds. The molecule has 0 atom stereocenters. The zero-order valence-electron chi connectivity index (χ0n) is 16.3. The van der Waals surface area contributed by atoms with Gasteiger partial charge in [0.05, 0.1) is 7.11 Å². The van der Waals surface area contributed by atoms with Crippen molar-refractivity contribution in [1.82, 2.24) is 0 Å². The zero-order valence-corrected chi connectivity index (χ0v) is 17.1. The van der Waals surface area contributed by atoms with Crippen molar-refractivity contribution >= 4 is 28.9 Å². The Kier molecular flexibility index (Phi) is 6.19. The Balaban J connectivity index is 1.81. The number of anilines is 1. The number of methoxy groups -OCH3 is 1. The number of esters is 1. The van der Waals surface area contributed by atoms with Crippen LogP contribution in [0.15, 0.2) is 47.2 Å². The quantitative estimate of drug-likeness (QED) is 0.439. The summed E-state index contributed by atoms with van der Waals surface area (Å²) in [7, 11) is 1.24. The first kappa shape index (κ1) is 20.4. The molecular weight excluding hydrogens is 390 g/mol. The molecule has 29 heavy (non-hydrogen) atoms. The fraction of sp³-hybridized carbons (Fsp3) is 0.182.